The molecule has 6 heteroatoms. The molecule has 2 atom stereocenters. The third-order valence-electron chi connectivity index (χ3n) is 4.04. The quantitative estimate of drug-likeness (QED) is 0.579. The molecule has 0 heterocycles. The van der Waals surface area contributed by atoms with Crippen molar-refractivity contribution in [2.45, 2.75) is 31.9 Å². The van der Waals surface area contributed by atoms with E-state index in [9.17, 15) is 15.0 Å². The number of aromatic hydroxyl groups is 1. The van der Waals surface area contributed by atoms with E-state index in [-0.39, 0.29) is 29.8 Å². The van der Waals surface area contributed by atoms with Gasteiger partial charge in [-0.2, -0.15) is 0 Å². The third-order valence-corrected chi connectivity index (χ3v) is 4.04. The molecule has 0 saturated heterocycles. The van der Waals surface area contributed by atoms with E-state index in [1.165, 1.54) is 17.7 Å². The topological polar surface area (TPSA) is 95.6 Å². The molecule has 1 amide bonds. The van der Waals surface area contributed by atoms with Gasteiger partial charge in [0.25, 0.3) is 5.91 Å². The van der Waals surface area contributed by atoms with Crippen LogP contribution in [0.4, 0.5) is 0 Å². The van der Waals surface area contributed by atoms with Crippen LogP contribution < -0.4 is 11.1 Å². The molecule has 0 aliphatic carbocycles. The van der Waals surface area contributed by atoms with Crippen molar-refractivity contribution in [3.05, 3.63) is 65.2 Å². The second-order valence-corrected chi connectivity index (χ2v) is 5.99. The van der Waals surface area contributed by atoms with Crippen molar-refractivity contribution in [3.8, 4) is 5.75 Å². The molecule has 0 bridgehead atoms. The van der Waals surface area contributed by atoms with Gasteiger partial charge in [-0.15, -0.1) is 12.4 Å². The Morgan fingerprint density at radius 3 is 2.52 bits per heavy atom. The van der Waals surface area contributed by atoms with Crippen molar-refractivity contribution >= 4 is 18.3 Å². The molecular formula is C19H25ClN2O3. The number of carbonyl (C=O) groups is 1. The van der Waals surface area contributed by atoms with Crippen LogP contribution in [-0.2, 0) is 6.42 Å². The number of rotatable bonds is 8. The second-order valence-electron chi connectivity index (χ2n) is 5.99. The minimum atomic E-state index is -0.775. The van der Waals surface area contributed by atoms with Crippen molar-refractivity contribution < 1.29 is 15.0 Å². The summed E-state index contributed by atoms with van der Waals surface area (Å²) in [5.41, 5.74) is 7.06. The van der Waals surface area contributed by atoms with E-state index < -0.39 is 12.0 Å². The normalized spacial score (nSPS) is 12.9. The number of carbonyl (C=O) groups excluding carboxylic acids is 1. The summed E-state index contributed by atoms with van der Waals surface area (Å²) >= 11 is 0. The highest BCUT2D eigenvalue weighted by Crippen LogP contribution is 2.22. The number of nitrogens with one attached hydrogen (secondary N) is 1. The number of primary amides is 1. The fraction of sp³-hybridized carbons (Fsp3) is 0.316. The van der Waals surface area contributed by atoms with Crippen molar-refractivity contribution in [1.29, 1.82) is 0 Å². The lowest BCUT2D eigenvalue weighted by molar-refractivity contribution is 0.0997. The zero-order valence-electron chi connectivity index (χ0n) is 14.2. The molecule has 0 aliphatic heterocycles. The van der Waals surface area contributed by atoms with Crippen LogP contribution in [0.25, 0.3) is 0 Å². The van der Waals surface area contributed by atoms with Gasteiger partial charge in [0.1, 0.15) is 5.75 Å². The highest BCUT2D eigenvalue weighted by Gasteiger charge is 2.14. The average Bonchev–Trinajstić information content (AvgIpc) is 2.59. The Balaban J connectivity index is 0.00000312. The van der Waals surface area contributed by atoms with Crippen molar-refractivity contribution in [1.82, 2.24) is 5.32 Å². The van der Waals surface area contributed by atoms with Crippen molar-refractivity contribution in [3.63, 3.8) is 0 Å². The van der Waals surface area contributed by atoms with Gasteiger partial charge in [-0.3, -0.25) is 4.79 Å². The summed E-state index contributed by atoms with van der Waals surface area (Å²) in [6, 6.07) is 14.9. The van der Waals surface area contributed by atoms with Crippen LogP contribution in [-0.4, -0.2) is 28.7 Å². The van der Waals surface area contributed by atoms with Crippen LogP contribution in [0.15, 0.2) is 48.5 Å². The Hall–Kier alpha value is -2.08. The molecular weight excluding hydrogens is 340 g/mol. The van der Waals surface area contributed by atoms with E-state index in [0.29, 0.717) is 12.1 Å². The van der Waals surface area contributed by atoms with Gasteiger partial charge in [0, 0.05) is 12.6 Å². The Labute approximate surface area is 154 Å². The number of amides is 1. The first-order chi connectivity index (χ1) is 11.5. The number of phenols is 1. The first-order valence-corrected chi connectivity index (χ1v) is 8.05. The minimum Gasteiger partial charge on any atom is -0.507 e. The van der Waals surface area contributed by atoms with E-state index >= 15 is 0 Å². The molecule has 0 fully saturated rings. The van der Waals surface area contributed by atoms with E-state index in [1.54, 1.807) is 6.07 Å². The highest BCUT2D eigenvalue weighted by molar-refractivity contribution is 5.95. The zero-order chi connectivity index (χ0) is 17.5. The van der Waals surface area contributed by atoms with Crippen LogP contribution in [0.1, 0.15) is 40.9 Å². The molecule has 0 radical (unpaired) electrons. The number of benzene rings is 2. The average molecular weight is 365 g/mol. The Morgan fingerprint density at radius 2 is 1.88 bits per heavy atom. The van der Waals surface area contributed by atoms with Gasteiger partial charge in [0.15, 0.2) is 0 Å². The summed E-state index contributed by atoms with van der Waals surface area (Å²) in [6.45, 7) is 2.43. The predicted octanol–water partition coefficient (Wildman–Crippen LogP) is 2.56. The van der Waals surface area contributed by atoms with Gasteiger partial charge in [-0.1, -0.05) is 36.4 Å². The summed E-state index contributed by atoms with van der Waals surface area (Å²) in [5, 5.41) is 23.1. The Bertz CT molecular complexity index is 680. The van der Waals surface area contributed by atoms with E-state index in [2.05, 4.69) is 24.4 Å². The molecule has 136 valence electrons. The van der Waals surface area contributed by atoms with Crippen LogP contribution in [0, 0.1) is 0 Å². The maximum Gasteiger partial charge on any atom is 0.252 e. The van der Waals surface area contributed by atoms with Crippen LogP contribution in [0.2, 0.25) is 0 Å². The van der Waals surface area contributed by atoms with E-state index in [1.807, 2.05) is 18.2 Å². The van der Waals surface area contributed by atoms with Crippen molar-refractivity contribution in [2.24, 2.45) is 5.73 Å². The van der Waals surface area contributed by atoms with Crippen LogP contribution in [0.3, 0.4) is 0 Å². The van der Waals surface area contributed by atoms with E-state index in [0.717, 1.165) is 12.8 Å². The van der Waals surface area contributed by atoms with Crippen LogP contribution >= 0.6 is 12.4 Å². The Kier molecular flexibility index (Phi) is 8.41. The SMILES string of the molecule is C[C@@H](CCc1ccccc1)NC[C@@H](O)c1ccc(O)c(C(N)=O)c1.Cl. The lowest BCUT2D eigenvalue weighted by Gasteiger charge is -2.18. The van der Waals surface area contributed by atoms with Gasteiger partial charge in [0.05, 0.1) is 11.7 Å². The number of hydrogen-bond acceptors (Lipinski definition) is 4. The molecule has 0 saturated carbocycles. The van der Waals surface area contributed by atoms with Gasteiger partial charge >= 0.3 is 0 Å². The molecule has 2 aromatic rings. The smallest absolute Gasteiger partial charge is 0.252 e. The standard InChI is InChI=1S/C19H24N2O3.ClH/c1-13(7-8-14-5-3-2-4-6-14)21-12-18(23)15-9-10-17(22)16(11-15)19(20)24;/h2-6,9-11,13,18,21-23H,7-8,12H2,1H3,(H2,20,24);1H/t13-,18+;/m0./s1. The third kappa shape index (κ3) is 6.38. The second kappa shape index (κ2) is 10.0. The number of aliphatic hydroxyl groups excluding tert-OH is 1. The maximum atomic E-state index is 11.2. The monoisotopic (exact) mass is 364 g/mol. The largest absolute Gasteiger partial charge is 0.507 e. The molecule has 0 aromatic heterocycles. The fourth-order valence-electron chi connectivity index (χ4n) is 2.52. The lowest BCUT2D eigenvalue weighted by Crippen LogP contribution is -2.31. The fourth-order valence-corrected chi connectivity index (χ4v) is 2.52. The summed E-state index contributed by atoms with van der Waals surface area (Å²) in [4.78, 5) is 11.2. The number of aryl methyl sites for hydroxylation is 1. The number of aliphatic hydroxyl groups is 1. The molecule has 2 rings (SSSR count). The molecule has 5 N–H and O–H groups in total. The van der Waals surface area contributed by atoms with Gasteiger partial charge < -0.3 is 21.3 Å². The zero-order valence-corrected chi connectivity index (χ0v) is 15.0. The molecule has 0 aliphatic rings. The van der Waals surface area contributed by atoms with E-state index in [4.69, 9.17) is 5.73 Å². The first-order valence-electron chi connectivity index (χ1n) is 8.05. The maximum absolute atomic E-state index is 11.2. The number of halogens is 1. The summed E-state index contributed by atoms with van der Waals surface area (Å²) in [6.07, 6.45) is 1.15. The minimum absolute atomic E-state index is 0. The summed E-state index contributed by atoms with van der Waals surface area (Å²) in [5.74, 6) is -0.895. The predicted molar refractivity (Wildman–Crippen MR) is 101 cm³/mol. The Morgan fingerprint density at radius 1 is 1.20 bits per heavy atom. The number of hydrogen-bond donors (Lipinski definition) is 4. The summed E-state index contributed by atoms with van der Waals surface area (Å²) < 4.78 is 0. The molecule has 0 unspecified atom stereocenters. The summed E-state index contributed by atoms with van der Waals surface area (Å²) in [7, 11) is 0. The van der Waals surface area contributed by atoms with Gasteiger partial charge in [-0.25, -0.2) is 0 Å². The first kappa shape index (κ1) is 21.0. The van der Waals surface area contributed by atoms with Crippen LogP contribution in [0.5, 0.6) is 5.75 Å². The molecule has 0 spiro atoms. The molecule has 5 nitrogen and oxygen atoms in total. The van der Waals surface area contributed by atoms with Gasteiger partial charge in [0.2, 0.25) is 0 Å². The van der Waals surface area contributed by atoms with Crippen molar-refractivity contribution in [2.75, 3.05) is 6.54 Å². The van der Waals surface area contributed by atoms with Gasteiger partial charge in [-0.05, 0) is 43.0 Å². The molecule has 2 aromatic carbocycles. The number of nitrogens with two attached hydrogens (primary N) is 1. The highest BCUT2D eigenvalue weighted by atomic mass is 35.5. The molecule has 25 heavy (non-hydrogen) atoms. The lowest BCUT2D eigenvalue weighted by atomic mass is 10.0.